The largest absolute Gasteiger partial charge is 0.265 e. The normalized spacial score (nSPS) is 10.8. The number of rotatable bonds is 1. The molecule has 0 saturated carbocycles. The van der Waals surface area contributed by atoms with Crippen LogP contribution in [0.4, 0.5) is 0 Å². The van der Waals surface area contributed by atoms with E-state index in [1.54, 1.807) is 23.7 Å². The summed E-state index contributed by atoms with van der Waals surface area (Å²) in [5.74, 6) is 0. The topological polar surface area (TPSA) is 38.7 Å². The number of hydrogen-bond acceptors (Lipinski definition) is 4. The zero-order valence-corrected chi connectivity index (χ0v) is 9.66. The van der Waals surface area contributed by atoms with Gasteiger partial charge >= 0.3 is 0 Å². The molecule has 0 aromatic carbocycles. The minimum absolute atomic E-state index is 0.510. The average molecular weight is 248 g/mol. The van der Waals surface area contributed by atoms with Gasteiger partial charge in [0.2, 0.25) is 0 Å². The van der Waals surface area contributed by atoms with Gasteiger partial charge in [-0.25, -0.2) is 9.97 Å². The monoisotopic (exact) mass is 247 g/mol. The van der Waals surface area contributed by atoms with Crippen molar-refractivity contribution in [3.63, 3.8) is 0 Å². The van der Waals surface area contributed by atoms with Crippen molar-refractivity contribution in [3.8, 4) is 11.1 Å². The molecule has 0 saturated heterocycles. The number of fused-ring (bicyclic) bond motifs is 1. The van der Waals surface area contributed by atoms with Crippen LogP contribution in [0.3, 0.4) is 0 Å². The van der Waals surface area contributed by atoms with Gasteiger partial charge in [-0.15, -0.1) is 11.3 Å². The Kier molecular flexibility index (Phi) is 2.31. The Morgan fingerprint density at radius 1 is 1.12 bits per heavy atom. The second kappa shape index (κ2) is 3.81. The molecule has 5 heteroatoms. The molecule has 16 heavy (non-hydrogen) atoms. The van der Waals surface area contributed by atoms with E-state index in [-0.39, 0.29) is 0 Å². The minimum Gasteiger partial charge on any atom is -0.265 e. The van der Waals surface area contributed by atoms with E-state index in [4.69, 9.17) is 11.6 Å². The molecule has 0 amide bonds. The van der Waals surface area contributed by atoms with Gasteiger partial charge in [-0.1, -0.05) is 11.6 Å². The predicted molar refractivity (Wildman–Crippen MR) is 65.7 cm³/mol. The summed E-state index contributed by atoms with van der Waals surface area (Å²) in [5.41, 5.74) is 3.07. The van der Waals surface area contributed by atoms with Gasteiger partial charge in [0, 0.05) is 23.3 Å². The third-order valence-corrected chi connectivity index (χ3v) is 3.68. The fourth-order valence-corrected chi connectivity index (χ4v) is 2.73. The number of aromatic nitrogens is 3. The lowest BCUT2D eigenvalue weighted by Crippen LogP contribution is -1.82. The van der Waals surface area contributed by atoms with E-state index in [1.165, 1.54) is 6.33 Å². The molecule has 3 heterocycles. The van der Waals surface area contributed by atoms with E-state index in [2.05, 4.69) is 15.0 Å². The molecule has 78 valence electrons. The third-order valence-electron chi connectivity index (χ3n) is 2.30. The molecular formula is C11H6ClN3S. The van der Waals surface area contributed by atoms with Crippen LogP contribution in [0, 0.1) is 0 Å². The molecule has 0 N–H and O–H groups in total. The highest BCUT2D eigenvalue weighted by atomic mass is 35.5. The van der Waals surface area contributed by atoms with Crippen LogP contribution in [0.1, 0.15) is 0 Å². The highest BCUT2D eigenvalue weighted by molar-refractivity contribution is 7.18. The van der Waals surface area contributed by atoms with E-state index in [0.717, 1.165) is 21.3 Å². The zero-order chi connectivity index (χ0) is 11.0. The quantitative estimate of drug-likeness (QED) is 0.619. The maximum absolute atomic E-state index is 6.00. The summed E-state index contributed by atoms with van der Waals surface area (Å²) in [6.45, 7) is 0. The van der Waals surface area contributed by atoms with Gasteiger partial charge in [0.05, 0.1) is 10.2 Å². The van der Waals surface area contributed by atoms with Crippen molar-refractivity contribution in [3.05, 3.63) is 41.4 Å². The van der Waals surface area contributed by atoms with Gasteiger partial charge in [0.1, 0.15) is 11.5 Å². The first-order chi connectivity index (χ1) is 7.86. The van der Waals surface area contributed by atoms with Crippen molar-refractivity contribution in [2.24, 2.45) is 0 Å². The Morgan fingerprint density at radius 2 is 1.94 bits per heavy atom. The van der Waals surface area contributed by atoms with Crippen LogP contribution < -0.4 is 0 Å². The lowest BCUT2D eigenvalue weighted by molar-refractivity contribution is 1.23. The summed E-state index contributed by atoms with van der Waals surface area (Å²) in [6.07, 6.45) is 5.02. The number of thiophene rings is 1. The van der Waals surface area contributed by atoms with Crippen molar-refractivity contribution >= 4 is 33.2 Å². The summed E-state index contributed by atoms with van der Waals surface area (Å²) < 4.78 is 0.927. The Morgan fingerprint density at radius 3 is 2.75 bits per heavy atom. The molecule has 0 fully saturated rings. The van der Waals surface area contributed by atoms with Crippen LogP contribution in [-0.2, 0) is 0 Å². The molecule has 3 aromatic rings. The Hall–Kier alpha value is -1.52. The number of pyridine rings is 1. The molecule has 3 rings (SSSR count). The predicted octanol–water partition coefficient (Wildman–Crippen LogP) is 3.41. The van der Waals surface area contributed by atoms with Crippen molar-refractivity contribution in [1.29, 1.82) is 0 Å². The van der Waals surface area contributed by atoms with Crippen LogP contribution in [0.25, 0.3) is 21.3 Å². The fourth-order valence-electron chi connectivity index (χ4n) is 1.56. The molecule has 0 bridgehead atoms. The molecule has 0 aliphatic carbocycles. The highest BCUT2D eigenvalue weighted by Crippen LogP contribution is 2.34. The van der Waals surface area contributed by atoms with E-state index in [0.29, 0.717) is 5.15 Å². The lowest BCUT2D eigenvalue weighted by atomic mass is 10.1. The van der Waals surface area contributed by atoms with Gasteiger partial charge in [0.25, 0.3) is 0 Å². The Labute approximate surface area is 101 Å². The average Bonchev–Trinajstić information content (AvgIpc) is 2.75. The molecular weight excluding hydrogens is 242 g/mol. The lowest BCUT2D eigenvalue weighted by Gasteiger charge is -1.97. The Balaban J connectivity index is 2.30. The molecule has 3 nitrogen and oxygen atoms in total. The molecule has 0 aliphatic rings. The second-order valence-electron chi connectivity index (χ2n) is 3.23. The molecule has 3 aromatic heterocycles. The number of nitrogens with zero attached hydrogens (tertiary/aromatic N) is 3. The number of hydrogen-bond donors (Lipinski definition) is 0. The molecule has 0 atom stereocenters. The van der Waals surface area contributed by atoms with Gasteiger partial charge in [-0.2, -0.15) is 0 Å². The third kappa shape index (κ3) is 1.47. The summed E-state index contributed by atoms with van der Waals surface area (Å²) in [4.78, 5) is 12.2. The fraction of sp³-hybridized carbons (Fsp3) is 0. The summed E-state index contributed by atoms with van der Waals surface area (Å²) in [5, 5.41) is 2.55. The minimum atomic E-state index is 0.510. The van der Waals surface area contributed by atoms with Crippen LogP contribution >= 0.6 is 22.9 Å². The van der Waals surface area contributed by atoms with Crippen LogP contribution in [0.2, 0.25) is 5.15 Å². The van der Waals surface area contributed by atoms with Crippen molar-refractivity contribution in [1.82, 2.24) is 15.0 Å². The van der Waals surface area contributed by atoms with Crippen LogP contribution in [0.15, 0.2) is 36.2 Å². The zero-order valence-electron chi connectivity index (χ0n) is 8.09. The highest BCUT2D eigenvalue weighted by Gasteiger charge is 2.10. The van der Waals surface area contributed by atoms with Gasteiger partial charge in [0.15, 0.2) is 0 Å². The summed E-state index contributed by atoms with van der Waals surface area (Å²) in [7, 11) is 0. The smallest absolute Gasteiger partial charge is 0.150 e. The Bertz CT molecular complexity index is 636. The van der Waals surface area contributed by atoms with Crippen molar-refractivity contribution < 1.29 is 0 Å². The second-order valence-corrected chi connectivity index (χ2v) is 4.47. The number of halogens is 1. The van der Waals surface area contributed by atoms with E-state index < -0.39 is 0 Å². The van der Waals surface area contributed by atoms with Gasteiger partial charge in [-0.3, -0.25) is 4.98 Å². The summed E-state index contributed by atoms with van der Waals surface area (Å²) in [6, 6.07) is 3.91. The molecule has 0 radical (unpaired) electrons. The maximum Gasteiger partial charge on any atom is 0.150 e. The van der Waals surface area contributed by atoms with E-state index >= 15 is 0 Å². The van der Waals surface area contributed by atoms with Gasteiger partial charge in [-0.05, 0) is 17.7 Å². The standard InChI is InChI=1S/C11H6ClN3S/c12-11-10-9(14-6-15-11)8(5-16-10)7-1-3-13-4-2-7/h1-6H. The maximum atomic E-state index is 6.00. The van der Waals surface area contributed by atoms with Crippen molar-refractivity contribution in [2.45, 2.75) is 0 Å². The first kappa shape index (κ1) is 9.69. The first-order valence-electron chi connectivity index (χ1n) is 4.64. The van der Waals surface area contributed by atoms with E-state index in [9.17, 15) is 0 Å². The molecule has 0 spiro atoms. The van der Waals surface area contributed by atoms with Crippen LogP contribution in [0.5, 0.6) is 0 Å². The SMILES string of the molecule is Clc1ncnc2c(-c3ccncc3)csc12. The molecule has 0 unspecified atom stereocenters. The van der Waals surface area contributed by atoms with Crippen molar-refractivity contribution in [2.75, 3.05) is 0 Å². The molecule has 0 aliphatic heterocycles. The first-order valence-corrected chi connectivity index (χ1v) is 5.90. The van der Waals surface area contributed by atoms with Gasteiger partial charge < -0.3 is 0 Å². The van der Waals surface area contributed by atoms with E-state index in [1.807, 2.05) is 17.5 Å². The summed E-state index contributed by atoms with van der Waals surface area (Å²) >= 11 is 7.56. The van der Waals surface area contributed by atoms with Crippen LogP contribution in [-0.4, -0.2) is 15.0 Å².